The lowest BCUT2D eigenvalue weighted by molar-refractivity contribution is -0.127. The standard InChI is InChI=1S/C25H30O4/c1-17(2)22-20-15-11-6-4-3-5-10-14-19(26)16-21(22)23(27)24(20)29-25(28)18-12-8-7-9-13-18/h4,6-9,12-13,17,21-22H,3,5,10-11,14-16H2,1-2H3/b6-4-/t21-,22+/m0/s1. The number of rotatable bonds is 3. The Balaban J connectivity index is 1.94. The number of benzene rings is 1. The van der Waals surface area contributed by atoms with Gasteiger partial charge in [-0.25, -0.2) is 4.79 Å². The lowest BCUT2D eigenvalue weighted by Crippen LogP contribution is -2.25. The molecule has 2 atom stereocenters. The van der Waals surface area contributed by atoms with Gasteiger partial charge in [-0.3, -0.25) is 9.59 Å². The maximum absolute atomic E-state index is 13.3. The Bertz CT molecular complexity index is 816. The molecule has 1 aromatic rings. The van der Waals surface area contributed by atoms with Gasteiger partial charge in [0, 0.05) is 18.8 Å². The van der Waals surface area contributed by atoms with Crippen molar-refractivity contribution in [1.29, 1.82) is 0 Å². The molecule has 154 valence electrons. The molecule has 0 fully saturated rings. The Kier molecular flexibility index (Phi) is 7.18. The monoisotopic (exact) mass is 394 g/mol. The third-order valence-electron chi connectivity index (χ3n) is 5.88. The molecule has 0 unspecified atom stereocenters. The number of fused-ring (bicyclic) bond motifs is 2. The van der Waals surface area contributed by atoms with Gasteiger partial charge in [-0.1, -0.05) is 44.2 Å². The van der Waals surface area contributed by atoms with Gasteiger partial charge < -0.3 is 4.74 Å². The van der Waals surface area contributed by atoms with Crippen LogP contribution in [-0.4, -0.2) is 17.5 Å². The van der Waals surface area contributed by atoms with Gasteiger partial charge in [0.25, 0.3) is 0 Å². The Labute approximate surface area is 173 Å². The van der Waals surface area contributed by atoms with Gasteiger partial charge in [0.15, 0.2) is 5.76 Å². The minimum Gasteiger partial charge on any atom is -0.419 e. The van der Waals surface area contributed by atoms with E-state index in [2.05, 4.69) is 26.0 Å². The van der Waals surface area contributed by atoms with Crippen LogP contribution in [0.4, 0.5) is 0 Å². The summed E-state index contributed by atoms with van der Waals surface area (Å²) in [4.78, 5) is 38.5. The quantitative estimate of drug-likeness (QED) is 0.506. The number of hydrogen-bond acceptors (Lipinski definition) is 4. The van der Waals surface area contributed by atoms with Crippen LogP contribution in [0.1, 0.15) is 69.2 Å². The molecule has 29 heavy (non-hydrogen) atoms. The van der Waals surface area contributed by atoms with Crippen molar-refractivity contribution < 1.29 is 19.1 Å². The van der Waals surface area contributed by atoms with Gasteiger partial charge in [0.05, 0.1) is 5.56 Å². The first-order valence-corrected chi connectivity index (χ1v) is 10.7. The maximum Gasteiger partial charge on any atom is 0.343 e. The zero-order chi connectivity index (χ0) is 20.8. The van der Waals surface area contributed by atoms with E-state index in [0.717, 1.165) is 31.3 Å². The molecule has 0 heterocycles. The van der Waals surface area contributed by atoms with Crippen LogP contribution in [0.3, 0.4) is 0 Å². The third-order valence-corrected chi connectivity index (χ3v) is 5.88. The zero-order valence-electron chi connectivity index (χ0n) is 17.4. The van der Waals surface area contributed by atoms with Crippen molar-refractivity contribution in [3.05, 3.63) is 59.4 Å². The van der Waals surface area contributed by atoms with Crippen LogP contribution in [0, 0.1) is 17.8 Å². The van der Waals surface area contributed by atoms with Gasteiger partial charge in [-0.05, 0) is 61.6 Å². The summed E-state index contributed by atoms with van der Waals surface area (Å²) in [5.41, 5.74) is 1.32. The summed E-state index contributed by atoms with van der Waals surface area (Å²) in [6.07, 6.45) is 9.34. The van der Waals surface area contributed by atoms with Crippen molar-refractivity contribution in [2.75, 3.05) is 0 Å². The van der Waals surface area contributed by atoms with Gasteiger partial charge in [-0.2, -0.15) is 0 Å². The van der Waals surface area contributed by atoms with Crippen molar-refractivity contribution in [2.24, 2.45) is 17.8 Å². The number of carbonyl (C=O) groups is 3. The number of Topliss-reactive ketones (excluding diaryl/α,β-unsaturated/α-hetero) is 2. The Morgan fingerprint density at radius 2 is 1.72 bits per heavy atom. The summed E-state index contributed by atoms with van der Waals surface area (Å²) < 4.78 is 5.67. The predicted octanol–water partition coefficient (Wildman–Crippen LogP) is 5.44. The van der Waals surface area contributed by atoms with Crippen LogP contribution in [-0.2, 0) is 14.3 Å². The van der Waals surface area contributed by atoms with Gasteiger partial charge in [0.2, 0.25) is 5.78 Å². The molecule has 0 spiro atoms. The van der Waals surface area contributed by atoms with Crippen LogP contribution in [0.2, 0.25) is 0 Å². The highest BCUT2D eigenvalue weighted by atomic mass is 16.5. The van der Waals surface area contributed by atoms with Crippen molar-refractivity contribution in [2.45, 2.75) is 58.8 Å². The van der Waals surface area contributed by atoms with E-state index in [9.17, 15) is 14.4 Å². The fraction of sp³-hybridized carbons (Fsp3) is 0.480. The zero-order valence-corrected chi connectivity index (χ0v) is 17.4. The number of allylic oxidation sites excluding steroid dienone is 4. The van der Waals surface area contributed by atoms with Crippen molar-refractivity contribution in [3.8, 4) is 0 Å². The highest BCUT2D eigenvalue weighted by Gasteiger charge is 2.45. The third kappa shape index (κ3) is 5.11. The minimum atomic E-state index is -0.516. The smallest absolute Gasteiger partial charge is 0.343 e. The van der Waals surface area contributed by atoms with E-state index in [1.165, 1.54) is 0 Å². The Morgan fingerprint density at radius 3 is 2.45 bits per heavy atom. The minimum absolute atomic E-state index is 0.0563. The van der Waals surface area contributed by atoms with E-state index in [0.29, 0.717) is 18.4 Å². The summed E-state index contributed by atoms with van der Waals surface area (Å²) in [5, 5.41) is 0. The second-order valence-corrected chi connectivity index (χ2v) is 8.35. The van der Waals surface area contributed by atoms with E-state index in [-0.39, 0.29) is 35.6 Å². The number of carbonyl (C=O) groups excluding carboxylic acids is 3. The fourth-order valence-corrected chi connectivity index (χ4v) is 4.50. The van der Waals surface area contributed by atoms with Gasteiger partial charge >= 0.3 is 5.97 Å². The van der Waals surface area contributed by atoms with Crippen LogP contribution in [0.15, 0.2) is 53.8 Å². The highest BCUT2D eigenvalue weighted by Crippen LogP contribution is 2.44. The van der Waals surface area contributed by atoms with Crippen molar-refractivity contribution in [1.82, 2.24) is 0 Å². The van der Waals surface area contributed by atoms with Crippen LogP contribution in [0.5, 0.6) is 0 Å². The molecule has 4 heteroatoms. The molecule has 2 bridgehead atoms. The predicted molar refractivity (Wildman–Crippen MR) is 112 cm³/mol. The molecule has 0 radical (unpaired) electrons. The molecule has 2 aliphatic rings. The topological polar surface area (TPSA) is 60.4 Å². The second kappa shape index (κ2) is 9.82. The Morgan fingerprint density at radius 1 is 1.00 bits per heavy atom. The first-order chi connectivity index (χ1) is 14.0. The second-order valence-electron chi connectivity index (χ2n) is 8.35. The van der Waals surface area contributed by atoms with Gasteiger partial charge in [0.1, 0.15) is 5.78 Å². The SMILES string of the molecule is CC(C)[C@@H]1C2=C(OC(=O)c3ccccc3)C(=O)[C@H]1CC(=O)CCCC/C=C\CC2. The first-order valence-electron chi connectivity index (χ1n) is 10.7. The molecule has 2 aliphatic carbocycles. The summed E-state index contributed by atoms with van der Waals surface area (Å²) in [7, 11) is 0. The summed E-state index contributed by atoms with van der Waals surface area (Å²) in [5.74, 6) is -0.670. The van der Waals surface area contributed by atoms with E-state index in [1.54, 1.807) is 24.3 Å². The largest absolute Gasteiger partial charge is 0.419 e. The first kappa shape index (κ1) is 21.2. The maximum atomic E-state index is 13.3. The lowest BCUT2D eigenvalue weighted by Gasteiger charge is -2.24. The molecule has 3 rings (SSSR count). The molecule has 4 nitrogen and oxygen atoms in total. The molecule has 0 saturated carbocycles. The number of ether oxygens (including phenoxy) is 1. The summed E-state index contributed by atoms with van der Waals surface area (Å²) >= 11 is 0. The molecular weight excluding hydrogens is 364 g/mol. The molecule has 0 amide bonds. The number of esters is 1. The lowest BCUT2D eigenvalue weighted by atomic mass is 9.78. The molecule has 1 aromatic carbocycles. The van der Waals surface area contributed by atoms with Crippen LogP contribution in [0.25, 0.3) is 0 Å². The molecule has 0 N–H and O–H groups in total. The van der Waals surface area contributed by atoms with Gasteiger partial charge in [-0.15, -0.1) is 0 Å². The van der Waals surface area contributed by atoms with Crippen molar-refractivity contribution >= 4 is 17.5 Å². The van der Waals surface area contributed by atoms with Crippen molar-refractivity contribution in [3.63, 3.8) is 0 Å². The number of hydrogen-bond donors (Lipinski definition) is 0. The fourth-order valence-electron chi connectivity index (χ4n) is 4.50. The van der Waals surface area contributed by atoms with E-state index < -0.39 is 11.9 Å². The van der Waals surface area contributed by atoms with E-state index in [4.69, 9.17) is 4.74 Å². The van der Waals surface area contributed by atoms with Crippen LogP contribution < -0.4 is 0 Å². The molecule has 0 aliphatic heterocycles. The normalized spacial score (nSPS) is 24.7. The Hall–Kier alpha value is -2.49. The average molecular weight is 395 g/mol. The molecule has 0 saturated heterocycles. The van der Waals surface area contributed by atoms with E-state index >= 15 is 0 Å². The number of ketones is 2. The summed E-state index contributed by atoms with van der Waals surface area (Å²) in [6.45, 7) is 4.15. The van der Waals surface area contributed by atoms with E-state index in [1.807, 2.05) is 6.07 Å². The molecule has 0 aromatic heterocycles. The highest BCUT2D eigenvalue weighted by molar-refractivity contribution is 6.04. The molecular formula is C25H30O4. The average Bonchev–Trinajstić information content (AvgIpc) is 2.96. The summed E-state index contributed by atoms with van der Waals surface area (Å²) in [6, 6.07) is 8.72. The van der Waals surface area contributed by atoms with Crippen LogP contribution >= 0.6 is 0 Å².